The van der Waals surface area contributed by atoms with Crippen molar-refractivity contribution in [3.8, 4) is 16.9 Å². The summed E-state index contributed by atoms with van der Waals surface area (Å²) >= 11 is 6.31. The zero-order chi connectivity index (χ0) is 18.5. The molecule has 0 radical (unpaired) electrons. The maximum Gasteiger partial charge on any atom is 0.260 e. The molecule has 0 saturated carbocycles. The van der Waals surface area contributed by atoms with Gasteiger partial charge in [0.05, 0.1) is 11.2 Å². The van der Waals surface area contributed by atoms with E-state index in [0.717, 1.165) is 16.7 Å². The fourth-order valence-electron chi connectivity index (χ4n) is 2.59. The highest BCUT2D eigenvalue weighted by Gasteiger charge is 2.12. The summed E-state index contributed by atoms with van der Waals surface area (Å²) in [5, 5.41) is 4.58. The highest BCUT2D eigenvalue weighted by molar-refractivity contribution is 6.32. The third-order valence-electron chi connectivity index (χ3n) is 3.99. The first-order chi connectivity index (χ1) is 12.5. The van der Waals surface area contributed by atoms with Crippen molar-refractivity contribution in [2.45, 2.75) is 6.54 Å². The van der Waals surface area contributed by atoms with Crippen molar-refractivity contribution in [2.24, 2.45) is 7.05 Å². The van der Waals surface area contributed by atoms with Crippen molar-refractivity contribution >= 4 is 17.5 Å². The van der Waals surface area contributed by atoms with Gasteiger partial charge in [-0.2, -0.15) is 5.10 Å². The zero-order valence-electron chi connectivity index (χ0n) is 14.7. The summed E-state index contributed by atoms with van der Waals surface area (Å²) in [6, 6.07) is 15.5. The van der Waals surface area contributed by atoms with Gasteiger partial charge in [0.1, 0.15) is 5.75 Å². The van der Waals surface area contributed by atoms with E-state index in [9.17, 15) is 4.79 Å². The molecule has 0 unspecified atom stereocenters. The number of benzene rings is 2. The van der Waals surface area contributed by atoms with E-state index < -0.39 is 0 Å². The second kappa shape index (κ2) is 8.06. The third kappa shape index (κ3) is 4.43. The summed E-state index contributed by atoms with van der Waals surface area (Å²) in [5.74, 6) is 0.367. The fraction of sp³-hybridized carbons (Fsp3) is 0.200. The highest BCUT2D eigenvalue weighted by atomic mass is 35.5. The number of nitrogens with zero attached hydrogens (tertiary/aromatic N) is 3. The van der Waals surface area contributed by atoms with Crippen molar-refractivity contribution < 1.29 is 9.53 Å². The lowest BCUT2D eigenvalue weighted by Gasteiger charge is -2.17. The molecule has 3 aromatic rings. The Morgan fingerprint density at radius 3 is 2.62 bits per heavy atom. The van der Waals surface area contributed by atoms with Crippen LogP contribution in [0.3, 0.4) is 0 Å². The van der Waals surface area contributed by atoms with Crippen LogP contribution in [0.15, 0.2) is 60.9 Å². The minimum atomic E-state index is -0.128. The molecule has 0 aliphatic rings. The Balaban J connectivity index is 1.59. The molecule has 0 aliphatic carbocycles. The van der Waals surface area contributed by atoms with E-state index in [1.165, 1.54) is 0 Å². The summed E-state index contributed by atoms with van der Waals surface area (Å²) in [7, 11) is 3.58. The van der Waals surface area contributed by atoms with Crippen molar-refractivity contribution in [1.29, 1.82) is 0 Å². The van der Waals surface area contributed by atoms with Gasteiger partial charge in [-0.3, -0.25) is 9.48 Å². The molecule has 26 heavy (non-hydrogen) atoms. The Bertz CT molecular complexity index is 893. The average molecular weight is 370 g/mol. The van der Waals surface area contributed by atoms with Crippen LogP contribution in [0.1, 0.15) is 5.56 Å². The lowest BCUT2D eigenvalue weighted by molar-refractivity contribution is -0.132. The first-order valence-corrected chi connectivity index (χ1v) is 8.60. The largest absolute Gasteiger partial charge is 0.482 e. The number of carbonyl (C=O) groups excluding carboxylic acids is 1. The predicted octanol–water partition coefficient (Wildman–Crippen LogP) is 3.78. The van der Waals surface area contributed by atoms with Crippen LogP contribution in [0.2, 0.25) is 5.02 Å². The number of aromatic nitrogens is 2. The highest BCUT2D eigenvalue weighted by Crippen LogP contribution is 2.30. The molecule has 0 aliphatic heterocycles. The number of rotatable bonds is 6. The molecule has 0 spiro atoms. The van der Waals surface area contributed by atoms with Gasteiger partial charge in [0.15, 0.2) is 6.61 Å². The van der Waals surface area contributed by atoms with Gasteiger partial charge in [-0.15, -0.1) is 0 Å². The first kappa shape index (κ1) is 18.0. The normalized spacial score (nSPS) is 10.6. The van der Waals surface area contributed by atoms with Crippen molar-refractivity contribution in [1.82, 2.24) is 14.7 Å². The molecule has 0 saturated heterocycles. The van der Waals surface area contributed by atoms with Crippen molar-refractivity contribution in [2.75, 3.05) is 13.7 Å². The van der Waals surface area contributed by atoms with Gasteiger partial charge in [0.2, 0.25) is 0 Å². The molecule has 0 fully saturated rings. The smallest absolute Gasteiger partial charge is 0.260 e. The Morgan fingerprint density at radius 1 is 1.19 bits per heavy atom. The number of hydrogen-bond acceptors (Lipinski definition) is 3. The van der Waals surface area contributed by atoms with Gasteiger partial charge in [-0.1, -0.05) is 48.0 Å². The Morgan fingerprint density at radius 2 is 1.96 bits per heavy atom. The Kier molecular flexibility index (Phi) is 5.58. The molecule has 1 amide bonds. The van der Waals surface area contributed by atoms with Crippen LogP contribution in [0.5, 0.6) is 5.75 Å². The summed E-state index contributed by atoms with van der Waals surface area (Å²) < 4.78 is 7.32. The predicted molar refractivity (Wildman–Crippen MR) is 102 cm³/mol. The lowest BCUT2D eigenvalue weighted by Crippen LogP contribution is -2.30. The molecular weight excluding hydrogens is 350 g/mol. The van der Waals surface area contributed by atoms with E-state index in [0.29, 0.717) is 17.3 Å². The van der Waals surface area contributed by atoms with E-state index in [4.69, 9.17) is 16.3 Å². The molecule has 2 aromatic carbocycles. The summed E-state index contributed by atoms with van der Waals surface area (Å²) in [5.41, 5.74) is 3.05. The molecule has 0 bridgehead atoms. The van der Waals surface area contributed by atoms with Crippen molar-refractivity contribution in [3.05, 3.63) is 71.5 Å². The van der Waals surface area contributed by atoms with Crippen LogP contribution in [0, 0.1) is 0 Å². The molecular formula is C20H20ClN3O2. The van der Waals surface area contributed by atoms with Crippen LogP contribution >= 0.6 is 11.6 Å². The average Bonchev–Trinajstić information content (AvgIpc) is 3.05. The van der Waals surface area contributed by atoms with Crippen LogP contribution in [0.4, 0.5) is 0 Å². The second-order valence-corrected chi connectivity index (χ2v) is 6.48. The van der Waals surface area contributed by atoms with Gasteiger partial charge in [-0.05, 0) is 23.3 Å². The number of carbonyl (C=O) groups is 1. The molecule has 6 heteroatoms. The Hall–Kier alpha value is -2.79. The number of halogens is 1. The van der Waals surface area contributed by atoms with E-state index in [-0.39, 0.29) is 12.5 Å². The molecule has 5 nitrogen and oxygen atoms in total. The maximum absolute atomic E-state index is 12.3. The Labute approximate surface area is 157 Å². The summed E-state index contributed by atoms with van der Waals surface area (Å²) in [4.78, 5) is 13.9. The van der Waals surface area contributed by atoms with Crippen LogP contribution in [0.25, 0.3) is 11.1 Å². The summed E-state index contributed by atoms with van der Waals surface area (Å²) in [6.07, 6.45) is 3.62. The zero-order valence-corrected chi connectivity index (χ0v) is 15.5. The van der Waals surface area contributed by atoms with Gasteiger partial charge in [-0.25, -0.2) is 0 Å². The van der Waals surface area contributed by atoms with E-state index in [1.54, 1.807) is 28.9 Å². The van der Waals surface area contributed by atoms with E-state index in [1.807, 2.05) is 55.7 Å². The number of aryl methyl sites for hydroxylation is 1. The number of likely N-dealkylation sites (N-methyl/N-ethyl adjacent to an activating group) is 1. The molecule has 1 heterocycles. The second-order valence-electron chi connectivity index (χ2n) is 6.07. The standard InChI is InChI=1S/C20H20ClN3O2/c1-23(12-15-11-22-24(2)13-15)20(25)14-26-19-9-8-17(10-18(19)21)16-6-4-3-5-7-16/h3-11,13H,12,14H2,1-2H3. The number of hydrogen-bond donors (Lipinski definition) is 0. The topological polar surface area (TPSA) is 47.4 Å². The minimum absolute atomic E-state index is 0.0683. The molecule has 0 atom stereocenters. The van der Waals surface area contributed by atoms with Gasteiger partial charge >= 0.3 is 0 Å². The molecule has 0 N–H and O–H groups in total. The van der Waals surface area contributed by atoms with E-state index in [2.05, 4.69) is 5.10 Å². The molecule has 1 aromatic heterocycles. The van der Waals surface area contributed by atoms with Crippen LogP contribution in [-0.4, -0.2) is 34.2 Å². The molecule has 3 rings (SSSR count). The lowest BCUT2D eigenvalue weighted by atomic mass is 10.1. The number of amides is 1. The van der Waals surface area contributed by atoms with Gasteiger partial charge in [0.25, 0.3) is 5.91 Å². The van der Waals surface area contributed by atoms with E-state index >= 15 is 0 Å². The quantitative estimate of drug-likeness (QED) is 0.664. The van der Waals surface area contributed by atoms with Crippen LogP contribution in [-0.2, 0) is 18.4 Å². The summed E-state index contributed by atoms with van der Waals surface area (Å²) in [6.45, 7) is 0.415. The van der Waals surface area contributed by atoms with Crippen molar-refractivity contribution in [3.63, 3.8) is 0 Å². The monoisotopic (exact) mass is 369 g/mol. The first-order valence-electron chi connectivity index (χ1n) is 8.22. The molecule has 134 valence electrons. The van der Waals surface area contributed by atoms with Gasteiger partial charge < -0.3 is 9.64 Å². The van der Waals surface area contributed by atoms with Gasteiger partial charge in [0, 0.05) is 32.4 Å². The fourth-order valence-corrected chi connectivity index (χ4v) is 2.83. The minimum Gasteiger partial charge on any atom is -0.482 e. The number of ether oxygens (including phenoxy) is 1. The third-order valence-corrected chi connectivity index (χ3v) is 4.29. The van der Waals surface area contributed by atoms with Crippen LogP contribution < -0.4 is 4.74 Å². The SMILES string of the molecule is CN(Cc1cnn(C)c1)C(=O)COc1ccc(-c2ccccc2)cc1Cl. The maximum atomic E-state index is 12.3.